The van der Waals surface area contributed by atoms with Crippen LogP contribution < -0.4 is 0 Å². The van der Waals surface area contributed by atoms with E-state index >= 15 is 0 Å². The molecule has 0 amide bonds. The van der Waals surface area contributed by atoms with Crippen LogP contribution in [0.5, 0.6) is 0 Å². The summed E-state index contributed by atoms with van der Waals surface area (Å²) >= 11 is 1.89. The molecule has 0 N–H and O–H groups in total. The molecular weight excluding hydrogens is 238 g/mol. The lowest BCUT2D eigenvalue weighted by Crippen LogP contribution is -2.10. The zero-order valence-electron chi connectivity index (χ0n) is 11.0. The molecule has 2 heteroatoms. The fourth-order valence-electron chi connectivity index (χ4n) is 1.80. The molecule has 0 aromatic heterocycles. The van der Waals surface area contributed by atoms with Crippen molar-refractivity contribution in [3.8, 4) is 0 Å². The Morgan fingerprint density at radius 2 is 1.50 bits per heavy atom. The monoisotopic (exact) mass is 257 g/mol. The van der Waals surface area contributed by atoms with Crippen molar-refractivity contribution in [2.24, 2.45) is 0 Å². The Hall–Kier alpha value is -1.25. The van der Waals surface area contributed by atoms with Crippen molar-refractivity contribution in [3.63, 3.8) is 0 Å². The summed E-state index contributed by atoms with van der Waals surface area (Å²) in [7, 11) is 4.19. The Balaban J connectivity index is 1.90. The molecule has 0 unspecified atom stereocenters. The maximum atomic E-state index is 2.22. The lowest BCUT2D eigenvalue weighted by Gasteiger charge is -2.10. The molecule has 1 nitrogen and oxygen atoms in total. The second kappa shape index (κ2) is 6.62. The first-order chi connectivity index (χ1) is 8.74. The van der Waals surface area contributed by atoms with Gasteiger partial charge in [-0.25, -0.2) is 0 Å². The summed E-state index contributed by atoms with van der Waals surface area (Å²) in [6.45, 7) is 1.00. The highest BCUT2D eigenvalue weighted by atomic mass is 32.2. The maximum absolute atomic E-state index is 2.22. The zero-order chi connectivity index (χ0) is 12.8. The van der Waals surface area contributed by atoms with E-state index in [1.807, 2.05) is 11.8 Å². The van der Waals surface area contributed by atoms with Gasteiger partial charge in [-0.1, -0.05) is 42.5 Å². The molecule has 0 radical (unpaired) electrons. The zero-order valence-corrected chi connectivity index (χ0v) is 11.8. The van der Waals surface area contributed by atoms with Gasteiger partial charge < -0.3 is 4.90 Å². The Labute approximate surface area is 114 Å². The molecule has 94 valence electrons. The number of hydrogen-bond acceptors (Lipinski definition) is 2. The van der Waals surface area contributed by atoms with Crippen LogP contribution in [0.2, 0.25) is 0 Å². The Bertz CT molecular complexity index is 462. The smallest absolute Gasteiger partial charge is 0.0231 e. The van der Waals surface area contributed by atoms with Crippen LogP contribution in [-0.4, -0.2) is 19.0 Å². The van der Waals surface area contributed by atoms with Crippen molar-refractivity contribution in [2.45, 2.75) is 17.2 Å². The molecule has 0 aliphatic rings. The van der Waals surface area contributed by atoms with E-state index in [-0.39, 0.29) is 0 Å². The third kappa shape index (κ3) is 4.21. The molecule has 0 saturated heterocycles. The molecule has 2 aromatic carbocycles. The summed E-state index contributed by atoms with van der Waals surface area (Å²) in [5.74, 6) is 1.04. The minimum atomic E-state index is 1.00. The van der Waals surface area contributed by atoms with Gasteiger partial charge in [-0.15, -0.1) is 11.8 Å². The highest BCUT2D eigenvalue weighted by Crippen LogP contribution is 2.23. The van der Waals surface area contributed by atoms with E-state index in [2.05, 4.69) is 73.6 Å². The second-order valence-electron chi connectivity index (χ2n) is 4.66. The summed E-state index contributed by atoms with van der Waals surface area (Å²) in [5, 5.41) is 0. The van der Waals surface area contributed by atoms with Crippen LogP contribution in [0.25, 0.3) is 0 Å². The fourth-order valence-corrected chi connectivity index (χ4v) is 2.65. The number of benzene rings is 2. The van der Waals surface area contributed by atoms with Crippen molar-refractivity contribution in [1.29, 1.82) is 0 Å². The largest absolute Gasteiger partial charge is 0.305 e. The van der Waals surface area contributed by atoms with Crippen LogP contribution in [-0.2, 0) is 12.3 Å². The van der Waals surface area contributed by atoms with Gasteiger partial charge in [0, 0.05) is 17.2 Å². The maximum Gasteiger partial charge on any atom is 0.0231 e. The first-order valence-corrected chi connectivity index (χ1v) is 7.13. The summed E-state index contributed by atoms with van der Waals surface area (Å²) < 4.78 is 0. The van der Waals surface area contributed by atoms with Crippen LogP contribution in [0.1, 0.15) is 11.1 Å². The van der Waals surface area contributed by atoms with Crippen LogP contribution >= 0.6 is 11.8 Å². The Kier molecular flexibility index (Phi) is 4.85. The molecule has 0 saturated carbocycles. The van der Waals surface area contributed by atoms with Gasteiger partial charge in [0.15, 0.2) is 0 Å². The van der Waals surface area contributed by atoms with Crippen LogP contribution in [0.3, 0.4) is 0 Å². The predicted molar refractivity (Wildman–Crippen MR) is 79.8 cm³/mol. The van der Waals surface area contributed by atoms with Crippen LogP contribution in [0.15, 0.2) is 59.5 Å². The summed E-state index contributed by atoms with van der Waals surface area (Å²) in [6.07, 6.45) is 0. The van der Waals surface area contributed by atoms with E-state index in [9.17, 15) is 0 Å². The van der Waals surface area contributed by atoms with Crippen LogP contribution in [0.4, 0.5) is 0 Å². The molecule has 0 aliphatic carbocycles. The molecule has 0 atom stereocenters. The van der Waals surface area contributed by atoms with Gasteiger partial charge in [-0.3, -0.25) is 0 Å². The number of hydrogen-bond donors (Lipinski definition) is 0. The van der Waals surface area contributed by atoms with Gasteiger partial charge in [0.25, 0.3) is 0 Å². The summed E-state index contributed by atoms with van der Waals surface area (Å²) in [6, 6.07) is 19.5. The molecule has 2 aromatic rings. The molecule has 0 aliphatic heterocycles. The van der Waals surface area contributed by atoms with Gasteiger partial charge in [0.2, 0.25) is 0 Å². The number of rotatable bonds is 5. The van der Waals surface area contributed by atoms with Crippen molar-refractivity contribution in [2.75, 3.05) is 14.1 Å². The molecule has 0 fully saturated rings. The first kappa shape index (κ1) is 13.2. The lowest BCUT2D eigenvalue weighted by molar-refractivity contribution is 0.402. The summed E-state index contributed by atoms with van der Waals surface area (Å²) in [5.41, 5.74) is 2.74. The van der Waals surface area contributed by atoms with E-state index < -0.39 is 0 Å². The average molecular weight is 257 g/mol. The lowest BCUT2D eigenvalue weighted by atomic mass is 10.2. The predicted octanol–water partition coefficient (Wildman–Crippen LogP) is 4.04. The van der Waals surface area contributed by atoms with Crippen molar-refractivity contribution in [3.05, 3.63) is 65.7 Å². The summed E-state index contributed by atoms with van der Waals surface area (Å²) in [4.78, 5) is 3.52. The first-order valence-electron chi connectivity index (χ1n) is 6.14. The SMILES string of the molecule is CN(C)Cc1ccc(SCc2ccccc2)cc1. The minimum Gasteiger partial charge on any atom is -0.305 e. The number of thioether (sulfide) groups is 1. The van der Waals surface area contributed by atoms with Gasteiger partial charge in [-0.2, -0.15) is 0 Å². The Morgan fingerprint density at radius 1 is 0.833 bits per heavy atom. The van der Waals surface area contributed by atoms with E-state index in [0.717, 1.165) is 12.3 Å². The molecule has 0 spiro atoms. The molecule has 18 heavy (non-hydrogen) atoms. The van der Waals surface area contributed by atoms with E-state index in [0.29, 0.717) is 0 Å². The average Bonchev–Trinajstić information content (AvgIpc) is 2.38. The topological polar surface area (TPSA) is 3.24 Å². The van der Waals surface area contributed by atoms with E-state index in [1.165, 1.54) is 16.0 Å². The van der Waals surface area contributed by atoms with Gasteiger partial charge in [-0.05, 0) is 37.4 Å². The second-order valence-corrected chi connectivity index (χ2v) is 5.70. The normalized spacial score (nSPS) is 10.8. The molecule has 2 rings (SSSR count). The van der Waals surface area contributed by atoms with Gasteiger partial charge in [0.1, 0.15) is 0 Å². The van der Waals surface area contributed by atoms with Crippen molar-refractivity contribution < 1.29 is 0 Å². The van der Waals surface area contributed by atoms with Crippen LogP contribution in [0, 0.1) is 0 Å². The number of nitrogens with zero attached hydrogens (tertiary/aromatic N) is 1. The molecule has 0 heterocycles. The third-order valence-electron chi connectivity index (χ3n) is 2.67. The third-order valence-corrected chi connectivity index (χ3v) is 3.75. The highest BCUT2D eigenvalue weighted by Gasteiger charge is 1.98. The van der Waals surface area contributed by atoms with Gasteiger partial charge in [0.05, 0.1) is 0 Å². The van der Waals surface area contributed by atoms with E-state index in [4.69, 9.17) is 0 Å². The Morgan fingerprint density at radius 3 is 2.11 bits per heavy atom. The van der Waals surface area contributed by atoms with Gasteiger partial charge >= 0.3 is 0 Å². The van der Waals surface area contributed by atoms with Crippen molar-refractivity contribution >= 4 is 11.8 Å². The minimum absolute atomic E-state index is 1.00. The quantitative estimate of drug-likeness (QED) is 0.744. The molecular formula is C16H19NS. The standard InChI is InChI=1S/C16H19NS/c1-17(2)12-14-8-10-16(11-9-14)18-13-15-6-4-3-5-7-15/h3-11H,12-13H2,1-2H3. The fraction of sp³-hybridized carbons (Fsp3) is 0.250. The molecule has 0 bridgehead atoms. The van der Waals surface area contributed by atoms with E-state index in [1.54, 1.807) is 0 Å². The highest BCUT2D eigenvalue weighted by molar-refractivity contribution is 7.98. The van der Waals surface area contributed by atoms with Crippen molar-refractivity contribution in [1.82, 2.24) is 4.90 Å².